The van der Waals surface area contributed by atoms with Crippen LogP contribution in [-0.4, -0.2) is 12.1 Å². The molecule has 2 rings (SSSR count). The molecule has 1 N–H and O–H groups in total. The first kappa shape index (κ1) is 15.7. The second kappa shape index (κ2) is 7.95. The third-order valence-corrected chi connectivity index (χ3v) is 3.59. The van der Waals surface area contributed by atoms with Crippen molar-refractivity contribution in [1.29, 1.82) is 0 Å². The van der Waals surface area contributed by atoms with Gasteiger partial charge in [-0.15, -0.1) is 0 Å². The maximum absolute atomic E-state index is 11.9. The minimum atomic E-state index is -0.331. The average Bonchev–Trinajstić information content (AvgIpc) is 2.50. The fourth-order valence-electron chi connectivity index (χ4n) is 1.59. The Bertz CT molecular complexity index is 684. The molecule has 21 heavy (non-hydrogen) atoms. The van der Waals surface area contributed by atoms with Crippen LogP contribution in [0.1, 0.15) is 15.9 Å². The first-order valence-electron chi connectivity index (χ1n) is 6.17. The van der Waals surface area contributed by atoms with E-state index in [1.165, 1.54) is 6.21 Å². The van der Waals surface area contributed by atoms with E-state index < -0.39 is 0 Å². The zero-order chi connectivity index (χ0) is 15.1. The molecule has 106 valence electrons. The van der Waals surface area contributed by atoms with E-state index in [4.69, 9.17) is 11.6 Å². The summed E-state index contributed by atoms with van der Waals surface area (Å²) in [5.41, 5.74) is 3.92. The number of rotatable bonds is 4. The maximum Gasteiger partial charge on any atom is 0.272 e. The van der Waals surface area contributed by atoms with Crippen LogP contribution in [0.5, 0.6) is 0 Å². The molecule has 0 aliphatic rings. The quantitative estimate of drug-likeness (QED) is 0.454. The van der Waals surface area contributed by atoms with E-state index in [0.717, 1.165) is 9.13 Å². The highest BCUT2D eigenvalue weighted by molar-refractivity contribution is 14.1. The standard InChI is InChI=1S/C16H12ClIN2O/c17-15-9-8-13(18)11-14(15)16(21)20-19-10-4-7-12-5-2-1-3-6-12/h1-11H,(H,20,21). The molecule has 0 aliphatic carbocycles. The molecule has 0 fully saturated rings. The Labute approximate surface area is 141 Å². The predicted molar refractivity (Wildman–Crippen MR) is 95.6 cm³/mol. The molecule has 0 saturated heterocycles. The van der Waals surface area contributed by atoms with Crippen LogP contribution in [0.15, 0.2) is 59.7 Å². The van der Waals surface area contributed by atoms with Crippen molar-refractivity contribution in [3.63, 3.8) is 0 Å². The molecule has 0 radical (unpaired) electrons. The molecule has 0 aliphatic heterocycles. The number of hydrogen-bond acceptors (Lipinski definition) is 2. The molecule has 0 aromatic heterocycles. The molecule has 3 nitrogen and oxygen atoms in total. The normalized spacial score (nSPS) is 11.1. The van der Waals surface area contributed by atoms with Crippen LogP contribution in [0.4, 0.5) is 0 Å². The van der Waals surface area contributed by atoms with E-state index in [1.807, 2.05) is 42.5 Å². The van der Waals surface area contributed by atoms with Crippen molar-refractivity contribution in [1.82, 2.24) is 5.43 Å². The fraction of sp³-hybridized carbons (Fsp3) is 0. The molecule has 0 atom stereocenters. The van der Waals surface area contributed by atoms with E-state index >= 15 is 0 Å². The zero-order valence-corrected chi connectivity index (χ0v) is 13.9. The molecule has 1 amide bonds. The Kier molecular flexibility index (Phi) is 5.95. The number of nitrogens with one attached hydrogen (secondary N) is 1. The summed E-state index contributed by atoms with van der Waals surface area (Å²) in [7, 11) is 0. The van der Waals surface area contributed by atoms with Crippen LogP contribution in [-0.2, 0) is 0 Å². The van der Waals surface area contributed by atoms with E-state index in [0.29, 0.717) is 10.6 Å². The molecule has 0 heterocycles. The van der Waals surface area contributed by atoms with Gasteiger partial charge in [0.1, 0.15) is 0 Å². The largest absolute Gasteiger partial charge is 0.272 e. The summed E-state index contributed by atoms with van der Waals surface area (Å²) in [6.45, 7) is 0. The van der Waals surface area contributed by atoms with Crippen molar-refractivity contribution < 1.29 is 4.79 Å². The Morgan fingerprint density at radius 1 is 1.19 bits per heavy atom. The number of benzene rings is 2. The number of allylic oxidation sites excluding steroid dienone is 1. The zero-order valence-electron chi connectivity index (χ0n) is 11.0. The van der Waals surface area contributed by atoms with Crippen LogP contribution in [0.25, 0.3) is 6.08 Å². The molecule has 2 aromatic rings. The Hall–Kier alpha value is -1.66. The van der Waals surface area contributed by atoms with E-state index in [9.17, 15) is 4.79 Å². The second-order valence-corrected chi connectivity index (χ2v) is 5.77. The van der Waals surface area contributed by atoms with Gasteiger partial charge in [0.15, 0.2) is 0 Å². The SMILES string of the molecule is O=C(NN=CC=Cc1ccccc1)c1cc(I)ccc1Cl. The number of carbonyl (C=O) groups excluding carboxylic acids is 1. The van der Waals surface area contributed by atoms with Gasteiger partial charge in [-0.1, -0.05) is 48.0 Å². The summed E-state index contributed by atoms with van der Waals surface area (Å²) in [4.78, 5) is 11.9. The van der Waals surface area contributed by atoms with Crippen molar-refractivity contribution in [3.05, 3.63) is 74.3 Å². The van der Waals surface area contributed by atoms with Crippen LogP contribution in [0.3, 0.4) is 0 Å². The van der Waals surface area contributed by atoms with Crippen LogP contribution in [0.2, 0.25) is 5.02 Å². The molecule has 0 bridgehead atoms. The number of halogens is 2. The summed E-state index contributed by atoms with van der Waals surface area (Å²) in [5.74, 6) is -0.331. The summed E-state index contributed by atoms with van der Waals surface area (Å²) >= 11 is 8.11. The fourth-order valence-corrected chi connectivity index (χ4v) is 2.28. The molecular formula is C16H12ClIN2O. The molecule has 0 saturated carbocycles. The number of hydrogen-bond donors (Lipinski definition) is 1. The maximum atomic E-state index is 11.9. The second-order valence-electron chi connectivity index (χ2n) is 4.11. The molecule has 0 unspecified atom stereocenters. The smallest absolute Gasteiger partial charge is 0.267 e. The molecule has 0 spiro atoms. The minimum absolute atomic E-state index is 0.331. The van der Waals surface area contributed by atoms with Gasteiger partial charge in [0.05, 0.1) is 10.6 Å². The van der Waals surface area contributed by atoms with E-state index in [1.54, 1.807) is 18.2 Å². The van der Waals surface area contributed by atoms with Gasteiger partial charge >= 0.3 is 0 Å². The van der Waals surface area contributed by atoms with Crippen molar-refractivity contribution >= 4 is 52.4 Å². The van der Waals surface area contributed by atoms with E-state index in [-0.39, 0.29) is 5.91 Å². The van der Waals surface area contributed by atoms with Crippen molar-refractivity contribution in [2.24, 2.45) is 5.10 Å². The Morgan fingerprint density at radius 2 is 1.95 bits per heavy atom. The third kappa shape index (κ3) is 4.99. The van der Waals surface area contributed by atoms with E-state index in [2.05, 4.69) is 33.1 Å². The van der Waals surface area contributed by atoms with Gasteiger partial charge in [0, 0.05) is 9.78 Å². The van der Waals surface area contributed by atoms with Crippen molar-refractivity contribution in [2.45, 2.75) is 0 Å². The molecule has 5 heteroatoms. The van der Waals surface area contributed by atoms with Gasteiger partial charge in [-0.2, -0.15) is 5.10 Å². The first-order chi connectivity index (χ1) is 10.2. The summed E-state index contributed by atoms with van der Waals surface area (Å²) in [6, 6.07) is 15.1. The van der Waals surface area contributed by atoms with Gasteiger partial charge in [-0.3, -0.25) is 4.79 Å². The summed E-state index contributed by atoms with van der Waals surface area (Å²) in [5, 5.41) is 4.27. The van der Waals surface area contributed by atoms with Gasteiger partial charge in [0.2, 0.25) is 0 Å². The molecular weight excluding hydrogens is 399 g/mol. The summed E-state index contributed by atoms with van der Waals surface area (Å²) in [6.07, 6.45) is 5.17. The Balaban J connectivity index is 1.93. The van der Waals surface area contributed by atoms with Crippen LogP contribution < -0.4 is 5.43 Å². The lowest BCUT2D eigenvalue weighted by molar-refractivity contribution is 0.0955. The number of hydrazone groups is 1. The van der Waals surface area contributed by atoms with Crippen molar-refractivity contribution in [3.8, 4) is 0 Å². The van der Waals surface area contributed by atoms with Gasteiger partial charge in [-0.05, 0) is 52.4 Å². The van der Waals surface area contributed by atoms with Crippen LogP contribution >= 0.6 is 34.2 Å². The lowest BCUT2D eigenvalue weighted by atomic mass is 10.2. The topological polar surface area (TPSA) is 41.5 Å². The van der Waals surface area contributed by atoms with Crippen molar-refractivity contribution in [2.75, 3.05) is 0 Å². The average molecular weight is 411 g/mol. The first-order valence-corrected chi connectivity index (χ1v) is 7.62. The minimum Gasteiger partial charge on any atom is -0.267 e. The summed E-state index contributed by atoms with van der Waals surface area (Å²) < 4.78 is 0.940. The highest BCUT2D eigenvalue weighted by Crippen LogP contribution is 2.18. The van der Waals surface area contributed by atoms with Crippen LogP contribution in [0, 0.1) is 3.57 Å². The monoisotopic (exact) mass is 410 g/mol. The van der Waals surface area contributed by atoms with Gasteiger partial charge < -0.3 is 0 Å². The third-order valence-electron chi connectivity index (χ3n) is 2.59. The predicted octanol–water partition coefficient (Wildman–Crippen LogP) is 4.37. The lowest BCUT2D eigenvalue weighted by Crippen LogP contribution is -2.17. The van der Waals surface area contributed by atoms with Gasteiger partial charge in [-0.25, -0.2) is 5.43 Å². The highest BCUT2D eigenvalue weighted by atomic mass is 127. The highest BCUT2D eigenvalue weighted by Gasteiger charge is 2.09. The Morgan fingerprint density at radius 3 is 2.71 bits per heavy atom. The van der Waals surface area contributed by atoms with Gasteiger partial charge in [0.25, 0.3) is 5.91 Å². The number of nitrogens with zero attached hydrogens (tertiary/aromatic N) is 1. The molecule has 2 aromatic carbocycles. The lowest BCUT2D eigenvalue weighted by Gasteiger charge is -2.02. The number of amides is 1. The number of carbonyl (C=O) groups is 1.